The topological polar surface area (TPSA) is 24.5 Å². The van der Waals surface area contributed by atoms with Gasteiger partial charge in [-0.05, 0) is 24.1 Å². The van der Waals surface area contributed by atoms with E-state index in [1.54, 1.807) is 0 Å². The third-order valence-electron chi connectivity index (χ3n) is 3.04. The highest BCUT2D eigenvalue weighted by Gasteiger charge is 2.10. The highest BCUT2D eigenvalue weighted by Crippen LogP contribution is 2.12. The Morgan fingerprint density at radius 2 is 1.88 bits per heavy atom. The second-order valence-corrected chi connectivity index (χ2v) is 4.51. The molecule has 3 nitrogen and oxygen atoms in total. The van der Waals surface area contributed by atoms with Gasteiger partial charge < -0.3 is 10.1 Å². The molecule has 0 saturated carbocycles. The Kier molecular flexibility index (Phi) is 4.83. The van der Waals surface area contributed by atoms with Crippen LogP contribution in [-0.4, -0.2) is 37.7 Å². The fraction of sp³-hybridized carbons (Fsp3) is 0.571. The number of nitrogens with zero attached hydrogens (tertiary/aromatic N) is 1. The lowest BCUT2D eigenvalue weighted by Crippen LogP contribution is -2.35. The van der Waals surface area contributed by atoms with E-state index in [-0.39, 0.29) is 0 Å². The number of rotatable bonds is 5. The van der Waals surface area contributed by atoms with Crippen molar-refractivity contribution < 1.29 is 4.74 Å². The molecule has 0 atom stereocenters. The first-order valence-electron chi connectivity index (χ1n) is 6.51. The second kappa shape index (κ2) is 6.62. The predicted molar refractivity (Wildman–Crippen MR) is 71.3 cm³/mol. The summed E-state index contributed by atoms with van der Waals surface area (Å²) in [4.78, 5) is 2.44. The average Bonchev–Trinajstić information content (AvgIpc) is 2.39. The van der Waals surface area contributed by atoms with Gasteiger partial charge in [-0.15, -0.1) is 0 Å². The monoisotopic (exact) mass is 234 g/mol. The minimum atomic E-state index is 0.871. The van der Waals surface area contributed by atoms with Crippen LogP contribution in [0.3, 0.4) is 0 Å². The summed E-state index contributed by atoms with van der Waals surface area (Å²) in [6.45, 7) is 8.11. The van der Waals surface area contributed by atoms with Gasteiger partial charge in [0.15, 0.2) is 0 Å². The molecule has 1 fully saturated rings. The van der Waals surface area contributed by atoms with Crippen LogP contribution in [0.15, 0.2) is 24.3 Å². The van der Waals surface area contributed by atoms with Crippen LogP contribution in [0.1, 0.15) is 18.9 Å². The zero-order valence-electron chi connectivity index (χ0n) is 10.6. The van der Waals surface area contributed by atoms with E-state index >= 15 is 0 Å². The Morgan fingerprint density at radius 3 is 2.53 bits per heavy atom. The number of nitrogens with one attached hydrogen (secondary N) is 1. The van der Waals surface area contributed by atoms with Crippen molar-refractivity contribution >= 4 is 5.69 Å². The van der Waals surface area contributed by atoms with Gasteiger partial charge in [0.1, 0.15) is 0 Å². The number of anilines is 1. The Bertz CT molecular complexity index is 317. The van der Waals surface area contributed by atoms with Crippen LogP contribution in [0.5, 0.6) is 0 Å². The zero-order chi connectivity index (χ0) is 11.9. The van der Waals surface area contributed by atoms with E-state index in [1.165, 1.54) is 11.3 Å². The van der Waals surface area contributed by atoms with Gasteiger partial charge >= 0.3 is 0 Å². The molecule has 1 aliphatic rings. The molecule has 0 spiro atoms. The highest BCUT2D eigenvalue weighted by molar-refractivity contribution is 5.44. The maximum atomic E-state index is 5.35. The van der Waals surface area contributed by atoms with Crippen molar-refractivity contribution in [2.24, 2.45) is 0 Å². The fourth-order valence-electron chi connectivity index (χ4n) is 2.01. The third-order valence-corrected chi connectivity index (χ3v) is 3.04. The van der Waals surface area contributed by atoms with Crippen LogP contribution in [-0.2, 0) is 11.3 Å². The first-order chi connectivity index (χ1) is 8.38. The minimum absolute atomic E-state index is 0.871. The van der Waals surface area contributed by atoms with E-state index < -0.39 is 0 Å². The van der Waals surface area contributed by atoms with Gasteiger partial charge in [0.2, 0.25) is 0 Å². The summed E-state index contributed by atoms with van der Waals surface area (Å²) < 4.78 is 5.35. The maximum absolute atomic E-state index is 5.35. The SMILES string of the molecule is CCCNc1ccc(CN2CCOCC2)cc1. The zero-order valence-corrected chi connectivity index (χ0v) is 10.6. The lowest BCUT2D eigenvalue weighted by atomic mass is 10.2. The number of hydrogen-bond acceptors (Lipinski definition) is 3. The van der Waals surface area contributed by atoms with E-state index in [1.807, 2.05) is 0 Å². The van der Waals surface area contributed by atoms with Crippen molar-refractivity contribution in [1.29, 1.82) is 0 Å². The Hall–Kier alpha value is -1.06. The van der Waals surface area contributed by atoms with Crippen molar-refractivity contribution in [3.05, 3.63) is 29.8 Å². The summed E-state index contributed by atoms with van der Waals surface area (Å²) in [5, 5.41) is 3.39. The van der Waals surface area contributed by atoms with Gasteiger partial charge in [-0.2, -0.15) is 0 Å². The van der Waals surface area contributed by atoms with Crippen LogP contribution in [0, 0.1) is 0 Å². The number of ether oxygens (including phenoxy) is 1. The molecular weight excluding hydrogens is 212 g/mol. The van der Waals surface area contributed by atoms with Crippen LogP contribution >= 0.6 is 0 Å². The molecule has 1 aromatic carbocycles. The number of benzene rings is 1. The van der Waals surface area contributed by atoms with Gasteiger partial charge in [0.05, 0.1) is 13.2 Å². The van der Waals surface area contributed by atoms with E-state index in [9.17, 15) is 0 Å². The van der Waals surface area contributed by atoms with Crippen molar-refractivity contribution in [3.63, 3.8) is 0 Å². The largest absolute Gasteiger partial charge is 0.385 e. The molecule has 1 saturated heterocycles. The lowest BCUT2D eigenvalue weighted by Gasteiger charge is -2.26. The molecule has 0 radical (unpaired) electrons. The Labute approximate surface area is 104 Å². The second-order valence-electron chi connectivity index (χ2n) is 4.51. The molecule has 3 heteroatoms. The van der Waals surface area contributed by atoms with Crippen LogP contribution in [0.2, 0.25) is 0 Å². The first kappa shape index (κ1) is 12.4. The maximum Gasteiger partial charge on any atom is 0.0594 e. The molecule has 0 bridgehead atoms. The number of morpholine rings is 1. The van der Waals surface area contributed by atoms with Gasteiger partial charge in [-0.25, -0.2) is 0 Å². The minimum Gasteiger partial charge on any atom is -0.385 e. The smallest absolute Gasteiger partial charge is 0.0594 e. The quantitative estimate of drug-likeness (QED) is 0.846. The normalized spacial score (nSPS) is 17.0. The summed E-state index contributed by atoms with van der Waals surface area (Å²) in [6.07, 6.45) is 1.16. The van der Waals surface area contributed by atoms with Gasteiger partial charge in [0, 0.05) is 31.9 Å². The standard InChI is InChI=1S/C14H22N2O/c1-2-7-15-14-5-3-13(4-6-14)12-16-8-10-17-11-9-16/h3-6,15H,2,7-12H2,1H3. The summed E-state index contributed by atoms with van der Waals surface area (Å²) >= 11 is 0. The highest BCUT2D eigenvalue weighted by atomic mass is 16.5. The van der Waals surface area contributed by atoms with Gasteiger partial charge in [0.25, 0.3) is 0 Å². The van der Waals surface area contributed by atoms with E-state index in [4.69, 9.17) is 4.74 Å². The predicted octanol–water partition coefficient (Wildman–Crippen LogP) is 2.34. The van der Waals surface area contributed by atoms with E-state index in [0.29, 0.717) is 0 Å². The van der Waals surface area contributed by atoms with Crippen molar-refractivity contribution in [2.45, 2.75) is 19.9 Å². The third kappa shape index (κ3) is 4.02. The van der Waals surface area contributed by atoms with Gasteiger partial charge in [-0.3, -0.25) is 4.90 Å². The first-order valence-corrected chi connectivity index (χ1v) is 6.51. The fourth-order valence-corrected chi connectivity index (χ4v) is 2.01. The molecule has 1 N–H and O–H groups in total. The Balaban J connectivity index is 1.84. The molecule has 0 aliphatic carbocycles. The van der Waals surface area contributed by atoms with Crippen LogP contribution in [0.4, 0.5) is 5.69 Å². The molecular formula is C14H22N2O. The molecule has 17 heavy (non-hydrogen) atoms. The van der Waals surface area contributed by atoms with E-state index in [2.05, 4.69) is 41.4 Å². The molecule has 2 rings (SSSR count). The lowest BCUT2D eigenvalue weighted by molar-refractivity contribution is 0.0342. The number of hydrogen-bond donors (Lipinski definition) is 1. The van der Waals surface area contributed by atoms with Crippen LogP contribution < -0.4 is 5.32 Å². The van der Waals surface area contributed by atoms with Gasteiger partial charge in [-0.1, -0.05) is 19.1 Å². The molecule has 1 aliphatic heterocycles. The van der Waals surface area contributed by atoms with Crippen molar-refractivity contribution in [3.8, 4) is 0 Å². The summed E-state index contributed by atoms with van der Waals surface area (Å²) in [5.41, 5.74) is 2.60. The molecule has 1 aromatic rings. The molecule has 0 unspecified atom stereocenters. The average molecular weight is 234 g/mol. The van der Waals surface area contributed by atoms with Crippen LogP contribution in [0.25, 0.3) is 0 Å². The summed E-state index contributed by atoms with van der Waals surface area (Å²) in [5.74, 6) is 0. The van der Waals surface area contributed by atoms with E-state index in [0.717, 1.165) is 45.8 Å². The summed E-state index contributed by atoms with van der Waals surface area (Å²) in [6, 6.07) is 8.78. The Morgan fingerprint density at radius 1 is 1.18 bits per heavy atom. The molecule has 1 heterocycles. The van der Waals surface area contributed by atoms with Crippen molar-refractivity contribution in [2.75, 3.05) is 38.2 Å². The summed E-state index contributed by atoms with van der Waals surface area (Å²) in [7, 11) is 0. The molecule has 0 aromatic heterocycles. The molecule has 94 valence electrons. The van der Waals surface area contributed by atoms with Crippen molar-refractivity contribution in [1.82, 2.24) is 4.90 Å². The molecule has 0 amide bonds.